The molecule has 2 nitrogen and oxygen atoms in total. The SMILES string of the molecule is Cc1ccc(N(c2ccc(-c3ccc(C=Cc4ccc(N(c5ccccc5)c5ccccc5)cc4)cc3)cc2)c2ccc3c4c(cccc24)-c2ccccc2-3)cc1. The Bertz CT molecular complexity index is 2790. The van der Waals surface area contributed by atoms with Gasteiger partial charge in [0.05, 0.1) is 5.69 Å². The number of benzene rings is 9. The normalized spacial score (nSPS) is 11.5. The molecule has 0 aromatic heterocycles. The topological polar surface area (TPSA) is 6.48 Å². The van der Waals surface area contributed by atoms with Crippen molar-refractivity contribution >= 4 is 57.0 Å². The molecule has 0 radical (unpaired) electrons. The second-order valence-corrected chi connectivity index (χ2v) is 14.7. The van der Waals surface area contributed by atoms with Crippen molar-refractivity contribution in [1.82, 2.24) is 0 Å². The van der Waals surface area contributed by atoms with E-state index in [1.54, 1.807) is 0 Å². The van der Waals surface area contributed by atoms with E-state index in [-0.39, 0.29) is 0 Å². The summed E-state index contributed by atoms with van der Waals surface area (Å²) in [4.78, 5) is 4.68. The maximum Gasteiger partial charge on any atom is 0.0540 e. The second-order valence-electron chi connectivity index (χ2n) is 14.7. The van der Waals surface area contributed by atoms with Crippen molar-refractivity contribution in [1.29, 1.82) is 0 Å². The van der Waals surface area contributed by atoms with Crippen LogP contribution in [0.4, 0.5) is 34.1 Å². The standard InChI is InChI=1S/C55H40N2/c1-39-19-31-47(32-20-39)57(54-38-37-52-50-16-9-8-15-49(50)51-17-10-18-53(54)55(51)52)48-35-29-43(30-36-48)42-27-23-40(24-28-42)21-22-41-25-33-46(34-26-41)56(44-11-4-2-5-12-44)45-13-6-3-7-14-45/h2-38H,1H3. The van der Waals surface area contributed by atoms with Crippen LogP contribution in [0.15, 0.2) is 212 Å². The van der Waals surface area contributed by atoms with E-state index >= 15 is 0 Å². The van der Waals surface area contributed by atoms with Gasteiger partial charge in [0.1, 0.15) is 0 Å². The molecule has 1 aliphatic carbocycles. The molecule has 10 rings (SSSR count). The third kappa shape index (κ3) is 6.48. The highest BCUT2D eigenvalue weighted by molar-refractivity contribution is 6.19. The van der Waals surface area contributed by atoms with Gasteiger partial charge in [-0.1, -0.05) is 163 Å². The molecule has 0 spiro atoms. The number of hydrogen-bond acceptors (Lipinski definition) is 2. The first-order chi connectivity index (χ1) is 28.2. The molecule has 0 saturated carbocycles. The van der Waals surface area contributed by atoms with Crippen LogP contribution in [0.3, 0.4) is 0 Å². The van der Waals surface area contributed by atoms with Crippen molar-refractivity contribution < 1.29 is 0 Å². The van der Waals surface area contributed by atoms with E-state index in [4.69, 9.17) is 0 Å². The Morgan fingerprint density at radius 1 is 0.316 bits per heavy atom. The lowest BCUT2D eigenvalue weighted by atomic mass is 9.99. The van der Waals surface area contributed by atoms with Crippen LogP contribution < -0.4 is 9.80 Å². The molecule has 9 aromatic carbocycles. The first kappa shape index (κ1) is 34.1. The van der Waals surface area contributed by atoms with Gasteiger partial charge in [-0.3, -0.25) is 0 Å². The van der Waals surface area contributed by atoms with E-state index in [0.29, 0.717) is 0 Å². The molecule has 0 bridgehead atoms. The molecule has 0 unspecified atom stereocenters. The van der Waals surface area contributed by atoms with E-state index in [1.807, 2.05) is 0 Å². The Labute approximate surface area is 334 Å². The lowest BCUT2D eigenvalue weighted by Gasteiger charge is -2.27. The molecule has 0 atom stereocenters. The van der Waals surface area contributed by atoms with Crippen LogP contribution in [0, 0.1) is 6.92 Å². The number of hydrogen-bond donors (Lipinski definition) is 0. The molecule has 57 heavy (non-hydrogen) atoms. The van der Waals surface area contributed by atoms with Crippen LogP contribution in [0.25, 0.3) is 56.3 Å². The zero-order valence-corrected chi connectivity index (χ0v) is 31.8. The maximum absolute atomic E-state index is 2.40. The summed E-state index contributed by atoms with van der Waals surface area (Å²) in [5.41, 5.74) is 18.0. The summed E-state index contributed by atoms with van der Waals surface area (Å²) in [6.45, 7) is 2.14. The minimum atomic E-state index is 1.12. The van der Waals surface area contributed by atoms with Crippen molar-refractivity contribution in [3.63, 3.8) is 0 Å². The Hall–Kier alpha value is -7.42. The lowest BCUT2D eigenvalue weighted by Crippen LogP contribution is -2.10. The monoisotopic (exact) mass is 728 g/mol. The van der Waals surface area contributed by atoms with E-state index < -0.39 is 0 Å². The first-order valence-corrected chi connectivity index (χ1v) is 19.6. The molecule has 270 valence electrons. The summed E-state index contributed by atoms with van der Waals surface area (Å²) >= 11 is 0. The Balaban J connectivity index is 0.906. The summed E-state index contributed by atoms with van der Waals surface area (Å²) < 4.78 is 0. The fourth-order valence-electron chi connectivity index (χ4n) is 8.23. The third-order valence-electron chi connectivity index (χ3n) is 11.1. The molecule has 0 saturated heterocycles. The quantitative estimate of drug-likeness (QED) is 0.137. The van der Waals surface area contributed by atoms with E-state index in [2.05, 4.69) is 241 Å². The van der Waals surface area contributed by atoms with Gasteiger partial charge in [-0.2, -0.15) is 0 Å². The molecule has 0 aliphatic heterocycles. The number of fused-ring (bicyclic) bond motifs is 3. The minimum absolute atomic E-state index is 1.12. The molecular weight excluding hydrogens is 689 g/mol. The van der Waals surface area contributed by atoms with E-state index in [1.165, 1.54) is 55.4 Å². The van der Waals surface area contributed by atoms with Gasteiger partial charge >= 0.3 is 0 Å². The average molecular weight is 729 g/mol. The molecule has 0 fully saturated rings. The third-order valence-corrected chi connectivity index (χ3v) is 11.1. The first-order valence-electron chi connectivity index (χ1n) is 19.6. The van der Waals surface area contributed by atoms with Crippen molar-refractivity contribution in [2.75, 3.05) is 9.80 Å². The van der Waals surface area contributed by atoms with Gasteiger partial charge in [0, 0.05) is 33.8 Å². The average Bonchev–Trinajstić information content (AvgIpc) is 3.61. The lowest BCUT2D eigenvalue weighted by molar-refractivity contribution is 1.28. The van der Waals surface area contributed by atoms with Gasteiger partial charge in [0.25, 0.3) is 0 Å². The highest BCUT2D eigenvalue weighted by Gasteiger charge is 2.24. The molecule has 0 heterocycles. The predicted octanol–water partition coefficient (Wildman–Crippen LogP) is 15.6. The summed E-state index contributed by atoms with van der Waals surface area (Å²) in [6, 6.07) is 76.5. The van der Waals surface area contributed by atoms with Gasteiger partial charge in [0.2, 0.25) is 0 Å². The maximum atomic E-state index is 2.40. The molecule has 1 aliphatic rings. The Morgan fingerprint density at radius 2 is 0.737 bits per heavy atom. The zero-order chi connectivity index (χ0) is 38.1. The van der Waals surface area contributed by atoms with Gasteiger partial charge < -0.3 is 9.80 Å². The number of rotatable bonds is 9. The van der Waals surface area contributed by atoms with Crippen molar-refractivity contribution in [2.24, 2.45) is 0 Å². The highest BCUT2D eigenvalue weighted by Crippen LogP contribution is 2.51. The van der Waals surface area contributed by atoms with E-state index in [0.717, 1.165) is 39.6 Å². The molecule has 2 heteroatoms. The molecule has 0 N–H and O–H groups in total. The van der Waals surface area contributed by atoms with Gasteiger partial charge in [-0.25, -0.2) is 0 Å². The summed E-state index contributed by atoms with van der Waals surface area (Å²) in [7, 11) is 0. The van der Waals surface area contributed by atoms with Gasteiger partial charge in [0.15, 0.2) is 0 Å². The highest BCUT2D eigenvalue weighted by atomic mass is 15.1. The molecule has 0 amide bonds. The van der Waals surface area contributed by atoms with E-state index in [9.17, 15) is 0 Å². The van der Waals surface area contributed by atoms with Crippen LogP contribution in [0.5, 0.6) is 0 Å². The summed E-state index contributed by atoms with van der Waals surface area (Å²) in [5, 5.41) is 2.58. The van der Waals surface area contributed by atoms with Crippen molar-refractivity contribution in [3.8, 4) is 33.4 Å². The van der Waals surface area contributed by atoms with Gasteiger partial charge in [-0.05, 0) is 124 Å². The summed E-state index contributed by atoms with van der Waals surface area (Å²) in [6.07, 6.45) is 4.37. The van der Waals surface area contributed by atoms with Crippen LogP contribution in [0.2, 0.25) is 0 Å². The number of aryl methyl sites for hydroxylation is 1. The van der Waals surface area contributed by atoms with Crippen LogP contribution >= 0.6 is 0 Å². The van der Waals surface area contributed by atoms with Crippen LogP contribution in [-0.4, -0.2) is 0 Å². The Morgan fingerprint density at radius 3 is 1.32 bits per heavy atom. The number of nitrogens with zero attached hydrogens (tertiary/aromatic N) is 2. The van der Waals surface area contributed by atoms with Crippen molar-refractivity contribution in [3.05, 3.63) is 229 Å². The van der Waals surface area contributed by atoms with Gasteiger partial charge in [-0.15, -0.1) is 0 Å². The fourth-order valence-corrected chi connectivity index (χ4v) is 8.23. The number of anilines is 6. The smallest absolute Gasteiger partial charge is 0.0540 e. The number of para-hydroxylation sites is 2. The zero-order valence-electron chi connectivity index (χ0n) is 31.8. The Kier molecular flexibility index (Phi) is 8.78. The van der Waals surface area contributed by atoms with Crippen LogP contribution in [-0.2, 0) is 0 Å². The molecular formula is C55H40N2. The predicted molar refractivity (Wildman–Crippen MR) is 243 cm³/mol. The summed E-state index contributed by atoms with van der Waals surface area (Å²) in [5.74, 6) is 0. The van der Waals surface area contributed by atoms with Crippen molar-refractivity contribution in [2.45, 2.75) is 6.92 Å². The molecule has 9 aromatic rings. The van der Waals surface area contributed by atoms with Crippen LogP contribution in [0.1, 0.15) is 16.7 Å². The second kappa shape index (κ2) is 14.7. The fraction of sp³-hybridized carbons (Fsp3) is 0.0182. The minimum Gasteiger partial charge on any atom is -0.311 e. The largest absolute Gasteiger partial charge is 0.311 e.